The zero-order valence-corrected chi connectivity index (χ0v) is 21.2. The standard InChI is InChI=1S/C27H33F6NO3/c1-3-4-5-6-7-8-9-10-11-12-23(36)37-25(26(28,29)30,27(31,32)33)20-16-19-13-14-34-22(35)15-18(2)21(17-20)24(19)34/h15-17H,3-14H2,1-2H3. The van der Waals surface area contributed by atoms with E-state index in [1.54, 1.807) is 0 Å². The molecule has 206 valence electrons. The number of esters is 1. The van der Waals surface area contributed by atoms with Gasteiger partial charge in [-0.15, -0.1) is 0 Å². The first-order valence-electron chi connectivity index (χ1n) is 12.9. The Hall–Kier alpha value is -2.52. The maximum atomic E-state index is 14.3. The lowest BCUT2D eigenvalue weighted by Gasteiger charge is -2.37. The van der Waals surface area contributed by atoms with E-state index in [-0.39, 0.29) is 41.5 Å². The fourth-order valence-corrected chi connectivity index (χ4v) is 5.08. The Bertz CT molecular complexity index is 1150. The van der Waals surface area contributed by atoms with Crippen LogP contribution in [0.4, 0.5) is 26.3 Å². The number of aryl methyl sites for hydroxylation is 3. The fourth-order valence-electron chi connectivity index (χ4n) is 5.08. The summed E-state index contributed by atoms with van der Waals surface area (Å²) < 4.78 is 91.5. The highest BCUT2D eigenvalue weighted by Gasteiger charge is 2.75. The minimum absolute atomic E-state index is 0.0949. The monoisotopic (exact) mass is 533 g/mol. The Morgan fingerprint density at radius 1 is 0.892 bits per heavy atom. The van der Waals surface area contributed by atoms with E-state index < -0.39 is 35.9 Å². The van der Waals surface area contributed by atoms with Crippen LogP contribution in [0.2, 0.25) is 0 Å². The van der Waals surface area contributed by atoms with E-state index in [2.05, 4.69) is 11.7 Å². The van der Waals surface area contributed by atoms with Crippen molar-refractivity contribution in [3.8, 4) is 0 Å². The summed E-state index contributed by atoms with van der Waals surface area (Å²) in [4.78, 5) is 24.6. The van der Waals surface area contributed by atoms with Gasteiger partial charge in [0.2, 0.25) is 0 Å². The van der Waals surface area contributed by atoms with Gasteiger partial charge < -0.3 is 9.30 Å². The van der Waals surface area contributed by atoms with Crippen molar-refractivity contribution in [2.75, 3.05) is 0 Å². The average Bonchev–Trinajstić information content (AvgIpc) is 3.23. The van der Waals surface area contributed by atoms with E-state index in [1.807, 2.05) is 0 Å². The summed E-state index contributed by atoms with van der Waals surface area (Å²) in [6.07, 6.45) is -4.54. The zero-order valence-electron chi connectivity index (χ0n) is 21.2. The second-order valence-corrected chi connectivity index (χ2v) is 9.83. The summed E-state index contributed by atoms with van der Waals surface area (Å²) in [5.74, 6) is -1.55. The van der Waals surface area contributed by atoms with Crippen molar-refractivity contribution < 1.29 is 35.9 Å². The molecule has 1 aromatic heterocycles. The van der Waals surface area contributed by atoms with Gasteiger partial charge in [-0.2, -0.15) is 26.3 Å². The highest BCUT2D eigenvalue weighted by atomic mass is 19.4. The van der Waals surface area contributed by atoms with Crippen molar-refractivity contribution in [3.63, 3.8) is 0 Å². The van der Waals surface area contributed by atoms with E-state index in [1.165, 1.54) is 17.6 Å². The Balaban J connectivity index is 1.84. The SMILES string of the molecule is CCCCCCCCCCCC(=O)OC(c1cc2c3c(c1)c(C)cc(=O)n3CC2)(C(F)(F)F)C(F)(F)F. The molecule has 3 rings (SSSR count). The molecule has 2 aromatic rings. The number of hydrogen-bond acceptors (Lipinski definition) is 3. The number of aromatic nitrogens is 1. The van der Waals surface area contributed by atoms with Crippen LogP contribution in [0.15, 0.2) is 23.0 Å². The normalized spacial score (nSPS) is 13.9. The van der Waals surface area contributed by atoms with Gasteiger partial charge in [-0.3, -0.25) is 9.59 Å². The molecule has 0 bridgehead atoms. The van der Waals surface area contributed by atoms with E-state index in [0.717, 1.165) is 57.1 Å². The van der Waals surface area contributed by atoms with E-state index in [4.69, 9.17) is 0 Å². The van der Waals surface area contributed by atoms with Crippen LogP contribution in [0, 0.1) is 6.92 Å². The maximum Gasteiger partial charge on any atom is 0.442 e. The molecule has 2 heterocycles. The third kappa shape index (κ3) is 5.98. The van der Waals surface area contributed by atoms with E-state index in [9.17, 15) is 35.9 Å². The molecule has 0 aliphatic carbocycles. The third-order valence-electron chi connectivity index (χ3n) is 7.05. The number of halogens is 6. The first kappa shape index (κ1) is 29.0. The maximum absolute atomic E-state index is 14.3. The molecule has 0 radical (unpaired) electrons. The molecule has 0 N–H and O–H groups in total. The number of ether oxygens (including phenoxy) is 1. The van der Waals surface area contributed by atoms with Gasteiger partial charge in [-0.1, -0.05) is 58.3 Å². The lowest BCUT2D eigenvalue weighted by atomic mass is 9.88. The molecule has 10 heteroatoms. The summed E-state index contributed by atoms with van der Waals surface area (Å²) in [5.41, 5.74) is -5.64. The second-order valence-electron chi connectivity index (χ2n) is 9.83. The molecule has 1 aromatic carbocycles. The molecule has 4 nitrogen and oxygen atoms in total. The van der Waals surface area contributed by atoms with Crippen LogP contribution in [-0.4, -0.2) is 22.9 Å². The minimum atomic E-state index is -5.96. The molecular formula is C27H33F6NO3. The summed E-state index contributed by atoms with van der Waals surface area (Å²) in [7, 11) is 0. The van der Waals surface area contributed by atoms with Crippen LogP contribution in [-0.2, 0) is 28.1 Å². The topological polar surface area (TPSA) is 48.3 Å². The number of nitrogens with zero attached hydrogens (tertiary/aromatic N) is 1. The van der Waals surface area contributed by atoms with Crippen molar-refractivity contribution >= 4 is 16.9 Å². The summed E-state index contributed by atoms with van der Waals surface area (Å²) in [6, 6.07) is 2.71. The van der Waals surface area contributed by atoms with Gasteiger partial charge in [0.1, 0.15) is 0 Å². The summed E-state index contributed by atoms with van der Waals surface area (Å²) >= 11 is 0. The molecule has 0 amide bonds. The Morgan fingerprint density at radius 2 is 1.46 bits per heavy atom. The number of carbonyl (C=O) groups excluding carboxylic acids is 1. The first-order valence-corrected chi connectivity index (χ1v) is 12.9. The molecule has 0 spiro atoms. The van der Waals surface area contributed by atoms with Crippen molar-refractivity contribution in [3.05, 3.63) is 45.2 Å². The Morgan fingerprint density at radius 3 is 2.03 bits per heavy atom. The van der Waals surface area contributed by atoms with E-state index >= 15 is 0 Å². The fraction of sp³-hybridized carbons (Fsp3) is 0.630. The number of unbranched alkanes of at least 4 members (excludes halogenated alkanes) is 8. The molecule has 0 saturated heterocycles. The van der Waals surface area contributed by atoms with Crippen LogP contribution >= 0.6 is 0 Å². The minimum Gasteiger partial charge on any atom is -0.434 e. The molecule has 0 unspecified atom stereocenters. The number of alkyl halides is 6. The number of pyridine rings is 1. The third-order valence-corrected chi connectivity index (χ3v) is 7.05. The van der Waals surface area contributed by atoms with Gasteiger partial charge in [-0.25, -0.2) is 0 Å². The number of carbonyl (C=O) groups is 1. The Labute approximate surface area is 212 Å². The van der Waals surface area contributed by atoms with Crippen LogP contribution in [0.1, 0.15) is 87.8 Å². The quantitative estimate of drug-likeness (QED) is 0.160. The second kappa shape index (κ2) is 11.5. The molecule has 0 saturated carbocycles. The first-order chi connectivity index (χ1) is 17.3. The van der Waals surface area contributed by atoms with Crippen LogP contribution in [0.5, 0.6) is 0 Å². The highest BCUT2D eigenvalue weighted by Crippen LogP contribution is 2.54. The molecule has 1 aliphatic rings. The van der Waals surface area contributed by atoms with Gasteiger partial charge in [-0.05, 0) is 43.0 Å². The predicted octanol–water partition coefficient (Wildman–Crippen LogP) is 7.65. The van der Waals surface area contributed by atoms with Crippen LogP contribution in [0.3, 0.4) is 0 Å². The number of rotatable bonds is 12. The molecule has 1 aliphatic heterocycles. The number of hydrogen-bond donors (Lipinski definition) is 0. The molecule has 0 atom stereocenters. The van der Waals surface area contributed by atoms with Gasteiger partial charge in [0.25, 0.3) is 5.56 Å². The lowest BCUT2D eigenvalue weighted by molar-refractivity contribution is -0.377. The van der Waals surface area contributed by atoms with Crippen molar-refractivity contribution in [1.82, 2.24) is 4.57 Å². The van der Waals surface area contributed by atoms with Gasteiger partial charge in [0.05, 0.1) is 5.52 Å². The molecular weight excluding hydrogens is 500 g/mol. The van der Waals surface area contributed by atoms with Crippen LogP contribution in [0.25, 0.3) is 10.9 Å². The highest BCUT2D eigenvalue weighted by molar-refractivity contribution is 5.87. The van der Waals surface area contributed by atoms with Gasteiger partial charge in [0.15, 0.2) is 0 Å². The largest absolute Gasteiger partial charge is 0.442 e. The average molecular weight is 534 g/mol. The van der Waals surface area contributed by atoms with Gasteiger partial charge >= 0.3 is 23.9 Å². The van der Waals surface area contributed by atoms with Crippen molar-refractivity contribution in [2.45, 2.75) is 109 Å². The summed E-state index contributed by atoms with van der Waals surface area (Å²) in [5, 5.41) is 0.0949. The zero-order chi connectivity index (χ0) is 27.4. The Kier molecular flexibility index (Phi) is 9.01. The predicted molar refractivity (Wildman–Crippen MR) is 128 cm³/mol. The summed E-state index contributed by atoms with van der Waals surface area (Å²) in [6.45, 7) is 3.71. The lowest BCUT2D eigenvalue weighted by Crippen LogP contribution is -2.57. The molecule has 37 heavy (non-hydrogen) atoms. The van der Waals surface area contributed by atoms with Gasteiger partial charge in [0, 0.05) is 30.0 Å². The van der Waals surface area contributed by atoms with E-state index in [0.29, 0.717) is 11.9 Å². The van der Waals surface area contributed by atoms with Crippen molar-refractivity contribution in [1.29, 1.82) is 0 Å². The molecule has 0 fully saturated rings. The number of benzene rings is 1. The smallest absolute Gasteiger partial charge is 0.434 e. The van der Waals surface area contributed by atoms with Crippen molar-refractivity contribution in [2.24, 2.45) is 0 Å². The van der Waals surface area contributed by atoms with Crippen LogP contribution < -0.4 is 5.56 Å².